The zero-order chi connectivity index (χ0) is 25.1. The summed E-state index contributed by atoms with van der Waals surface area (Å²) < 4.78 is 25.0. The van der Waals surface area contributed by atoms with Gasteiger partial charge in [0.2, 0.25) is 5.78 Å². The van der Waals surface area contributed by atoms with Crippen molar-refractivity contribution in [2.45, 2.75) is 0 Å². The number of halogens is 1. The lowest BCUT2D eigenvalue weighted by Crippen LogP contribution is -2.12. The molecule has 0 radical (unpaired) electrons. The summed E-state index contributed by atoms with van der Waals surface area (Å²) in [5.41, 5.74) is 0.780. The lowest BCUT2D eigenvalue weighted by Gasteiger charge is -2.08. The molecule has 0 spiro atoms. The predicted octanol–water partition coefficient (Wildman–Crippen LogP) is 6.71. The highest BCUT2D eigenvalue weighted by molar-refractivity contribution is 7.21. The largest absolute Gasteiger partial charge is 0.423 e. The number of carbonyl (C=O) groups excluding carboxylic acids is 3. The van der Waals surface area contributed by atoms with E-state index in [1.54, 1.807) is 42.5 Å². The Kier molecular flexibility index (Phi) is 6.38. The van der Waals surface area contributed by atoms with E-state index in [2.05, 4.69) is 0 Å². The molecular formula is C29H17FO5S. The van der Waals surface area contributed by atoms with Crippen LogP contribution in [0.25, 0.3) is 10.1 Å². The molecule has 0 atom stereocenters. The fraction of sp³-hybridized carbons (Fsp3) is 0. The molecule has 1 aromatic heterocycles. The van der Waals surface area contributed by atoms with Gasteiger partial charge in [0.1, 0.15) is 16.4 Å². The van der Waals surface area contributed by atoms with Crippen LogP contribution in [0.2, 0.25) is 0 Å². The van der Waals surface area contributed by atoms with Crippen LogP contribution in [0.1, 0.15) is 36.0 Å². The quantitative estimate of drug-likeness (QED) is 0.148. The number of ether oxygens (including phenoxy) is 2. The lowest BCUT2D eigenvalue weighted by molar-refractivity contribution is 0.0715. The monoisotopic (exact) mass is 496 g/mol. The molecule has 0 unspecified atom stereocenters. The third-order valence-corrected chi connectivity index (χ3v) is 6.50. The Morgan fingerprint density at radius 2 is 1.31 bits per heavy atom. The van der Waals surface area contributed by atoms with Gasteiger partial charge in [-0.15, -0.1) is 11.3 Å². The van der Waals surface area contributed by atoms with Crippen LogP contribution >= 0.6 is 11.3 Å². The highest BCUT2D eigenvalue weighted by atomic mass is 32.1. The second-order valence-electron chi connectivity index (χ2n) is 7.77. The van der Waals surface area contributed by atoms with Gasteiger partial charge >= 0.3 is 11.9 Å². The molecule has 1 heterocycles. The molecular weight excluding hydrogens is 479 g/mol. The summed E-state index contributed by atoms with van der Waals surface area (Å²) in [5, 5.41) is 0.647. The number of benzene rings is 4. The number of fused-ring (bicyclic) bond motifs is 1. The van der Waals surface area contributed by atoms with Gasteiger partial charge < -0.3 is 9.47 Å². The van der Waals surface area contributed by atoms with Crippen LogP contribution in [-0.4, -0.2) is 17.7 Å². The first-order valence-electron chi connectivity index (χ1n) is 10.9. The summed E-state index contributed by atoms with van der Waals surface area (Å²) in [7, 11) is 0. The molecule has 0 saturated carbocycles. The van der Waals surface area contributed by atoms with Crippen molar-refractivity contribution < 1.29 is 28.2 Å². The molecule has 0 N–H and O–H groups in total. The van der Waals surface area contributed by atoms with Gasteiger partial charge in [0, 0.05) is 15.6 Å². The van der Waals surface area contributed by atoms with Crippen molar-refractivity contribution in [3.8, 4) is 11.5 Å². The molecule has 0 aliphatic heterocycles. The van der Waals surface area contributed by atoms with E-state index in [1.807, 2.05) is 18.2 Å². The van der Waals surface area contributed by atoms with E-state index in [1.165, 1.54) is 41.7 Å². The Morgan fingerprint density at radius 1 is 0.639 bits per heavy atom. The minimum Gasteiger partial charge on any atom is -0.423 e. The van der Waals surface area contributed by atoms with Crippen LogP contribution in [0, 0.1) is 5.82 Å². The first-order valence-corrected chi connectivity index (χ1v) is 11.7. The Bertz CT molecular complexity index is 1590. The molecule has 36 heavy (non-hydrogen) atoms. The highest BCUT2D eigenvalue weighted by Crippen LogP contribution is 2.39. The molecule has 176 valence electrons. The van der Waals surface area contributed by atoms with Crippen molar-refractivity contribution in [1.29, 1.82) is 0 Å². The zero-order valence-electron chi connectivity index (χ0n) is 18.6. The predicted molar refractivity (Wildman–Crippen MR) is 134 cm³/mol. The van der Waals surface area contributed by atoms with Crippen molar-refractivity contribution in [3.05, 3.63) is 131 Å². The van der Waals surface area contributed by atoms with Crippen LogP contribution < -0.4 is 9.47 Å². The number of rotatable bonds is 6. The first-order chi connectivity index (χ1) is 17.5. The summed E-state index contributed by atoms with van der Waals surface area (Å²) in [6.45, 7) is 0. The summed E-state index contributed by atoms with van der Waals surface area (Å²) in [4.78, 5) is 39.0. The van der Waals surface area contributed by atoms with E-state index in [0.717, 1.165) is 16.8 Å². The molecule has 0 amide bonds. The highest BCUT2D eigenvalue weighted by Gasteiger charge is 2.24. The van der Waals surface area contributed by atoms with Gasteiger partial charge in [0.15, 0.2) is 5.75 Å². The number of hydrogen-bond donors (Lipinski definition) is 0. The van der Waals surface area contributed by atoms with E-state index < -0.39 is 17.8 Å². The van der Waals surface area contributed by atoms with E-state index in [0.29, 0.717) is 15.8 Å². The maximum Gasteiger partial charge on any atom is 0.343 e. The van der Waals surface area contributed by atoms with E-state index in [4.69, 9.17) is 9.47 Å². The fourth-order valence-electron chi connectivity index (χ4n) is 3.58. The van der Waals surface area contributed by atoms with Crippen molar-refractivity contribution in [3.63, 3.8) is 0 Å². The zero-order valence-corrected chi connectivity index (χ0v) is 19.5. The van der Waals surface area contributed by atoms with E-state index in [9.17, 15) is 18.8 Å². The molecule has 5 nitrogen and oxygen atoms in total. The van der Waals surface area contributed by atoms with Gasteiger partial charge in [-0.2, -0.15) is 0 Å². The third-order valence-electron chi connectivity index (χ3n) is 5.35. The SMILES string of the molecule is O=C(Oc1cccc(C(=O)Oc2c(C(=O)c3ccccc3)sc3ccccc23)c1)c1ccc(F)cc1. The fourth-order valence-corrected chi connectivity index (χ4v) is 4.68. The number of esters is 2. The average Bonchev–Trinajstić information content (AvgIpc) is 3.27. The molecule has 0 bridgehead atoms. The minimum atomic E-state index is -0.708. The standard InChI is InChI=1S/C29H17FO5S/c30-21-15-13-19(14-16-21)28(32)34-22-10-6-9-20(17-22)29(33)35-26-23-11-4-5-12-24(23)36-27(26)25(31)18-7-2-1-3-8-18/h1-17H. The summed E-state index contributed by atoms with van der Waals surface area (Å²) >= 11 is 1.25. The second-order valence-corrected chi connectivity index (χ2v) is 8.82. The topological polar surface area (TPSA) is 69.7 Å². The van der Waals surface area contributed by atoms with Gasteiger partial charge in [-0.25, -0.2) is 14.0 Å². The molecule has 5 rings (SSSR count). The Balaban J connectivity index is 1.42. The van der Waals surface area contributed by atoms with Crippen LogP contribution in [0.3, 0.4) is 0 Å². The normalized spacial score (nSPS) is 10.7. The summed E-state index contributed by atoms with van der Waals surface area (Å²) in [6, 6.07) is 26.9. The number of ketones is 1. The maximum absolute atomic E-state index is 13.2. The Hall–Kier alpha value is -4.62. The number of carbonyl (C=O) groups is 3. The molecule has 0 aliphatic carbocycles. The van der Waals surface area contributed by atoms with Gasteiger partial charge in [-0.05, 0) is 54.6 Å². The van der Waals surface area contributed by atoms with E-state index in [-0.39, 0.29) is 28.4 Å². The molecule has 0 fully saturated rings. The smallest absolute Gasteiger partial charge is 0.343 e. The average molecular weight is 497 g/mol. The van der Waals surface area contributed by atoms with Gasteiger partial charge in [-0.1, -0.05) is 48.5 Å². The first kappa shape index (κ1) is 23.1. The molecule has 0 saturated heterocycles. The molecule has 4 aromatic carbocycles. The van der Waals surface area contributed by atoms with Crippen LogP contribution in [-0.2, 0) is 0 Å². The van der Waals surface area contributed by atoms with Crippen LogP contribution in [0.15, 0.2) is 103 Å². The van der Waals surface area contributed by atoms with Crippen LogP contribution in [0.5, 0.6) is 11.5 Å². The van der Waals surface area contributed by atoms with Crippen molar-refractivity contribution >= 4 is 39.1 Å². The van der Waals surface area contributed by atoms with Gasteiger partial charge in [0.05, 0.1) is 11.1 Å². The summed E-state index contributed by atoms with van der Waals surface area (Å²) in [5.74, 6) is -1.82. The van der Waals surface area contributed by atoms with Crippen molar-refractivity contribution in [2.24, 2.45) is 0 Å². The van der Waals surface area contributed by atoms with Crippen molar-refractivity contribution in [2.75, 3.05) is 0 Å². The van der Waals surface area contributed by atoms with E-state index >= 15 is 0 Å². The van der Waals surface area contributed by atoms with Gasteiger partial charge in [0.25, 0.3) is 0 Å². The maximum atomic E-state index is 13.2. The second kappa shape index (κ2) is 9.93. The lowest BCUT2D eigenvalue weighted by atomic mass is 10.1. The Labute approximate surface area is 209 Å². The minimum absolute atomic E-state index is 0.120. The third kappa shape index (κ3) is 4.78. The van der Waals surface area contributed by atoms with Gasteiger partial charge in [-0.3, -0.25) is 4.79 Å². The van der Waals surface area contributed by atoms with Crippen LogP contribution in [0.4, 0.5) is 4.39 Å². The number of hydrogen-bond acceptors (Lipinski definition) is 6. The van der Waals surface area contributed by atoms with Crippen molar-refractivity contribution in [1.82, 2.24) is 0 Å². The molecule has 7 heteroatoms. The molecule has 5 aromatic rings. The molecule has 0 aliphatic rings. The summed E-state index contributed by atoms with van der Waals surface area (Å²) in [6.07, 6.45) is 0. The Morgan fingerprint density at radius 3 is 2.08 bits per heavy atom. The number of thiophene rings is 1.